The van der Waals surface area contributed by atoms with Crippen LogP contribution in [-0.2, 0) is 0 Å². The van der Waals surface area contributed by atoms with Crippen molar-refractivity contribution in [1.29, 1.82) is 0 Å². The predicted molar refractivity (Wildman–Crippen MR) is 52.4 cm³/mol. The van der Waals surface area contributed by atoms with E-state index in [0.717, 1.165) is 14.0 Å². The van der Waals surface area contributed by atoms with Crippen LogP contribution in [-0.4, -0.2) is 10.9 Å². The Bertz CT molecular complexity index is 414. The quantitative estimate of drug-likeness (QED) is 0.793. The van der Waals surface area contributed by atoms with Gasteiger partial charge in [0.2, 0.25) is 0 Å². The second-order valence-corrected chi connectivity index (χ2v) is 4.84. The normalized spacial score (nSPS) is 10.8. The number of primary amides is 1. The number of H-pyrrole nitrogens is 1. The molecule has 0 fully saturated rings. The number of carbonyl (C=O) groups excluding carboxylic acids is 1. The zero-order valence-electron chi connectivity index (χ0n) is 5.93. The molecule has 62 valence electrons. The van der Waals surface area contributed by atoms with Gasteiger partial charge in [0.15, 0.2) is 0 Å². The molecule has 3 nitrogen and oxygen atoms in total. The van der Waals surface area contributed by atoms with Crippen LogP contribution in [0, 0.1) is 0 Å². The summed E-state index contributed by atoms with van der Waals surface area (Å²) in [6.45, 7) is 0. The Morgan fingerprint density at radius 3 is 2.92 bits per heavy atom. The predicted octanol–water partition coefficient (Wildman–Crippen LogP) is 2.09. The largest absolute Gasteiger partial charge is 0.364 e. The summed E-state index contributed by atoms with van der Waals surface area (Å²) < 4.78 is 2.08. The third kappa shape index (κ3) is 1.15. The van der Waals surface area contributed by atoms with Gasteiger partial charge in [0, 0.05) is 0 Å². The van der Waals surface area contributed by atoms with Gasteiger partial charge in [0.1, 0.15) is 5.69 Å². The Labute approximate surface area is 80.7 Å². The lowest BCUT2D eigenvalue weighted by molar-refractivity contribution is 0.0996. The standard InChI is InChI=1S/C7H5BrN2OS/c8-6-2-3-5(12-6)1-4(10-3)7(9)11/h1-2,10H,(H2,9,11). The fourth-order valence-electron chi connectivity index (χ4n) is 1.02. The van der Waals surface area contributed by atoms with Crippen molar-refractivity contribution in [3.63, 3.8) is 0 Å². The van der Waals surface area contributed by atoms with Crippen molar-refractivity contribution in [2.24, 2.45) is 5.73 Å². The number of nitrogens with two attached hydrogens (primary N) is 1. The first kappa shape index (κ1) is 7.82. The van der Waals surface area contributed by atoms with Crippen molar-refractivity contribution in [2.45, 2.75) is 0 Å². The summed E-state index contributed by atoms with van der Waals surface area (Å²) in [5, 5.41) is 0. The molecule has 0 atom stereocenters. The Kier molecular flexibility index (Phi) is 1.69. The van der Waals surface area contributed by atoms with E-state index < -0.39 is 5.91 Å². The number of aromatic nitrogens is 1. The van der Waals surface area contributed by atoms with Gasteiger partial charge < -0.3 is 10.7 Å². The highest BCUT2D eigenvalue weighted by atomic mass is 79.9. The van der Waals surface area contributed by atoms with Gasteiger partial charge in [-0.2, -0.15) is 0 Å². The number of thiophene rings is 1. The van der Waals surface area contributed by atoms with Gasteiger partial charge in [0.05, 0.1) is 14.0 Å². The van der Waals surface area contributed by atoms with Gasteiger partial charge in [-0.25, -0.2) is 0 Å². The van der Waals surface area contributed by atoms with Gasteiger partial charge in [0.25, 0.3) is 5.91 Å². The summed E-state index contributed by atoms with van der Waals surface area (Å²) in [4.78, 5) is 13.7. The van der Waals surface area contributed by atoms with Crippen molar-refractivity contribution in [1.82, 2.24) is 4.98 Å². The van der Waals surface area contributed by atoms with Gasteiger partial charge in [-0.3, -0.25) is 4.79 Å². The van der Waals surface area contributed by atoms with Crippen LogP contribution in [0.15, 0.2) is 15.9 Å². The maximum absolute atomic E-state index is 10.7. The molecule has 2 rings (SSSR count). The summed E-state index contributed by atoms with van der Waals surface area (Å²) in [6, 6.07) is 3.68. The minimum atomic E-state index is -0.422. The lowest BCUT2D eigenvalue weighted by Gasteiger charge is -1.84. The number of hydrogen-bond acceptors (Lipinski definition) is 2. The van der Waals surface area contributed by atoms with Gasteiger partial charge in [-0.1, -0.05) is 0 Å². The molecule has 0 aliphatic heterocycles. The SMILES string of the molecule is NC(=O)c1cc2sc(Br)cc2[nH]1. The van der Waals surface area contributed by atoms with Crippen molar-refractivity contribution in [3.05, 3.63) is 21.6 Å². The van der Waals surface area contributed by atoms with Crippen molar-refractivity contribution in [2.75, 3.05) is 0 Å². The Hall–Kier alpha value is -0.810. The molecule has 2 aromatic heterocycles. The van der Waals surface area contributed by atoms with E-state index in [-0.39, 0.29) is 0 Å². The summed E-state index contributed by atoms with van der Waals surface area (Å²) in [5.74, 6) is -0.422. The minimum Gasteiger partial charge on any atom is -0.364 e. The first-order valence-electron chi connectivity index (χ1n) is 3.24. The van der Waals surface area contributed by atoms with E-state index in [2.05, 4.69) is 20.9 Å². The van der Waals surface area contributed by atoms with Crippen LogP contribution in [0.25, 0.3) is 10.2 Å². The highest BCUT2D eigenvalue weighted by Gasteiger charge is 2.07. The number of hydrogen-bond donors (Lipinski definition) is 2. The molecule has 0 aliphatic rings. The monoisotopic (exact) mass is 244 g/mol. The molecule has 0 unspecified atom stereocenters. The van der Waals surface area contributed by atoms with Crippen LogP contribution in [0.5, 0.6) is 0 Å². The van der Waals surface area contributed by atoms with Gasteiger partial charge in [-0.05, 0) is 28.1 Å². The van der Waals surface area contributed by atoms with Crippen LogP contribution in [0.2, 0.25) is 0 Å². The molecule has 1 amide bonds. The zero-order chi connectivity index (χ0) is 8.72. The fraction of sp³-hybridized carbons (Fsp3) is 0. The van der Waals surface area contributed by atoms with Crippen molar-refractivity contribution < 1.29 is 4.79 Å². The van der Waals surface area contributed by atoms with Crippen LogP contribution in [0.3, 0.4) is 0 Å². The lowest BCUT2D eigenvalue weighted by atomic mass is 10.4. The van der Waals surface area contributed by atoms with E-state index in [1.807, 2.05) is 6.07 Å². The van der Waals surface area contributed by atoms with E-state index in [4.69, 9.17) is 5.73 Å². The van der Waals surface area contributed by atoms with Crippen LogP contribution >= 0.6 is 27.3 Å². The summed E-state index contributed by atoms with van der Waals surface area (Å²) in [6.07, 6.45) is 0. The van der Waals surface area contributed by atoms with E-state index >= 15 is 0 Å². The van der Waals surface area contributed by atoms with E-state index in [1.165, 1.54) is 0 Å². The summed E-state index contributed by atoms with van der Waals surface area (Å²) in [7, 11) is 0. The van der Waals surface area contributed by atoms with Crippen LogP contribution < -0.4 is 5.73 Å². The number of amides is 1. The lowest BCUT2D eigenvalue weighted by Crippen LogP contribution is -2.10. The molecule has 0 aliphatic carbocycles. The smallest absolute Gasteiger partial charge is 0.265 e. The van der Waals surface area contributed by atoms with Gasteiger partial charge in [-0.15, -0.1) is 11.3 Å². The fourth-order valence-corrected chi connectivity index (χ4v) is 2.56. The molecule has 0 radical (unpaired) electrons. The molecule has 0 spiro atoms. The van der Waals surface area contributed by atoms with Gasteiger partial charge >= 0.3 is 0 Å². The maximum atomic E-state index is 10.7. The first-order valence-corrected chi connectivity index (χ1v) is 4.85. The second-order valence-electron chi connectivity index (χ2n) is 2.38. The number of carbonyl (C=O) groups is 1. The number of aromatic amines is 1. The third-order valence-corrected chi connectivity index (χ3v) is 3.13. The van der Waals surface area contributed by atoms with Crippen molar-refractivity contribution in [3.8, 4) is 0 Å². The highest BCUT2D eigenvalue weighted by Crippen LogP contribution is 2.29. The number of halogens is 1. The number of rotatable bonds is 1. The number of fused-ring (bicyclic) bond motifs is 1. The molecule has 0 aromatic carbocycles. The van der Waals surface area contributed by atoms with Crippen LogP contribution in [0.1, 0.15) is 10.5 Å². The van der Waals surface area contributed by atoms with Crippen molar-refractivity contribution >= 4 is 43.4 Å². The summed E-state index contributed by atoms with van der Waals surface area (Å²) >= 11 is 4.92. The molecule has 2 aromatic rings. The molecular formula is C7H5BrN2OS. The number of nitrogens with one attached hydrogen (secondary N) is 1. The topological polar surface area (TPSA) is 58.9 Å². The van der Waals surface area contributed by atoms with E-state index in [9.17, 15) is 4.79 Å². The molecule has 0 bridgehead atoms. The second kappa shape index (κ2) is 2.60. The van der Waals surface area contributed by atoms with Crippen LogP contribution in [0.4, 0.5) is 0 Å². The summed E-state index contributed by atoms with van der Waals surface area (Å²) in [5.41, 5.74) is 6.50. The highest BCUT2D eigenvalue weighted by molar-refractivity contribution is 9.11. The average molecular weight is 245 g/mol. The maximum Gasteiger partial charge on any atom is 0.265 e. The third-order valence-electron chi connectivity index (χ3n) is 1.54. The Morgan fingerprint density at radius 2 is 2.33 bits per heavy atom. The first-order chi connectivity index (χ1) is 5.66. The molecule has 5 heteroatoms. The molecule has 0 saturated heterocycles. The molecule has 3 N–H and O–H groups in total. The molecule has 2 heterocycles. The molecule has 12 heavy (non-hydrogen) atoms. The van der Waals surface area contributed by atoms with E-state index in [1.54, 1.807) is 17.4 Å². The molecule has 0 saturated carbocycles. The average Bonchev–Trinajstić information content (AvgIpc) is 2.42. The molecular weight excluding hydrogens is 240 g/mol. The zero-order valence-corrected chi connectivity index (χ0v) is 8.33. The Morgan fingerprint density at radius 1 is 1.58 bits per heavy atom. The van der Waals surface area contributed by atoms with E-state index in [0.29, 0.717) is 5.69 Å². The Balaban J connectivity index is 2.64. The minimum absolute atomic E-state index is 0.422.